The fourth-order valence-electron chi connectivity index (χ4n) is 4.17. The zero-order chi connectivity index (χ0) is 14.0. The average molecular weight is 283 g/mol. The Bertz CT molecular complexity index is 301. The van der Waals surface area contributed by atoms with Crippen LogP contribution in [0.1, 0.15) is 45.4 Å². The third-order valence-corrected chi connectivity index (χ3v) is 5.64. The summed E-state index contributed by atoms with van der Waals surface area (Å²) in [6.07, 6.45) is 6.61. The summed E-state index contributed by atoms with van der Waals surface area (Å²) in [5.41, 5.74) is 0.0995. The summed E-state index contributed by atoms with van der Waals surface area (Å²) in [5, 5.41) is 9.72. The Balaban J connectivity index is 1.55. The first-order chi connectivity index (χ1) is 9.69. The van der Waals surface area contributed by atoms with E-state index in [9.17, 15) is 5.11 Å². The van der Waals surface area contributed by atoms with E-state index in [1.165, 1.54) is 12.8 Å². The first kappa shape index (κ1) is 14.8. The molecular formula is C16H29NO3. The Morgan fingerprint density at radius 1 is 1.10 bits per heavy atom. The van der Waals surface area contributed by atoms with Gasteiger partial charge in [-0.15, -0.1) is 0 Å². The molecule has 0 aromatic heterocycles. The van der Waals surface area contributed by atoms with Crippen LogP contribution in [0.25, 0.3) is 0 Å². The standard InChI is InChI=1S/C16H29NO3/c1-13(18)14-2-7-17(8-3-14)15-4-9-20-16(12-15)5-10-19-11-6-16/h13-15,18H,2-12H2,1H3. The van der Waals surface area contributed by atoms with Gasteiger partial charge in [-0.25, -0.2) is 0 Å². The second-order valence-corrected chi connectivity index (χ2v) is 6.90. The highest BCUT2D eigenvalue weighted by Gasteiger charge is 2.41. The van der Waals surface area contributed by atoms with Gasteiger partial charge in [0.25, 0.3) is 0 Å². The van der Waals surface area contributed by atoms with Crippen LogP contribution in [0.15, 0.2) is 0 Å². The first-order valence-corrected chi connectivity index (χ1v) is 8.32. The highest BCUT2D eigenvalue weighted by atomic mass is 16.5. The van der Waals surface area contributed by atoms with E-state index in [1.807, 2.05) is 6.92 Å². The number of ether oxygens (including phenoxy) is 2. The second kappa shape index (κ2) is 6.30. The number of nitrogens with zero attached hydrogens (tertiary/aromatic N) is 1. The molecule has 4 nitrogen and oxygen atoms in total. The molecule has 20 heavy (non-hydrogen) atoms. The van der Waals surface area contributed by atoms with Crippen LogP contribution >= 0.6 is 0 Å². The number of aliphatic hydroxyl groups is 1. The molecule has 0 bridgehead atoms. The number of piperidine rings is 1. The van der Waals surface area contributed by atoms with Crippen molar-refractivity contribution in [2.24, 2.45) is 5.92 Å². The number of hydrogen-bond acceptors (Lipinski definition) is 4. The van der Waals surface area contributed by atoms with Gasteiger partial charge in [-0.2, -0.15) is 0 Å². The number of likely N-dealkylation sites (tertiary alicyclic amines) is 1. The van der Waals surface area contributed by atoms with Crippen molar-refractivity contribution in [1.82, 2.24) is 4.90 Å². The van der Waals surface area contributed by atoms with Crippen molar-refractivity contribution in [3.8, 4) is 0 Å². The molecule has 0 aromatic rings. The summed E-state index contributed by atoms with van der Waals surface area (Å²) in [4.78, 5) is 2.65. The van der Waals surface area contributed by atoms with Crippen LogP contribution in [-0.2, 0) is 9.47 Å². The second-order valence-electron chi connectivity index (χ2n) is 6.90. The van der Waals surface area contributed by atoms with Crippen LogP contribution in [0.3, 0.4) is 0 Å². The van der Waals surface area contributed by atoms with Crippen LogP contribution < -0.4 is 0 Å². The molecule has 0 radical (unpaired) electrons. The quantitative estimate of drug-likeness (QED) is 0.839. The Hall–Kier alpha value is -0.160. The SMILES string of the molecule is CC(O)C1CCN(C2CCOC3(CCOCC3)C2)CC1. The van der Waals surface area contributed by atoms with E-state index in [4.69, 9.17) is 9.47 Å². The summed E-state index contributed by atoms with van der Waals surface area (Å²) >= 11 is 0. The molecule has 2 unspecified atom stereocenters. The molecule has 3 aliphatic rings. The zero-order valence-electron chi connectivity index (χ0n) is 12.7. The van der Waals surface area contributed by atoms with Crippen molar-refractivity contribution in [3.63, 3.8) is 0 Å². The zero-order valence-corrected chi connectivity index (χ0v) is 12.7. The summed E-state index contributed by atoms with van der Waals surface area (Å²) in [5.74, 6) is 0.503. The molecule has 0 aromatic carbocycles. The molecule has 1 spiro atoms. The molecule has 4 heteroatoms. The molecule has 0 aliphatic carbocycles. The van der Waals surface area contributed by atoms with E-state index in [0.717, 1.165) is 58.6 Å². The van der Waals surface area contributed by atoms with E-state index < -0.39 is 0 Å². The van der Waals surface area contributed by atoms with Gasteiger partial charge in [-0.1, -0.05) is 0 Å². The van der Waals surface area contributed by atoms with E-state index in [2.05, 4.69) is 4.90 Å². The van der Waals surface area contributed by atoms with Gasteiger partial charge >= 0.3 is 0 Å². The Morgan fingerprint density at radius 3 is 2.45 bits per heavy atom. The minimum atomic E-state index is -0.145. The predicted molar refractivity (Wildman–Crippen MR) is 77.7 cm³/mol. The molecule has 3 heterocycles. The van der Waals surface area contributed by atoms with Crippen LogP contribution in [0.2, 0.25) is 0 Å². The molecule has 1 N–H and O–H groups in total. The Kier molecular flexibility index (Phi) is 4.65. The summed E-state index contributed by atoms with van der Waals surface area (Å²) in [7, 11) is 0. The van der Waals surface area contributed by atoms with Crippen molar-refractivity contribution < 1.29 is 14.6 Å². The van der Waals surface area contributed by atoms with Gasteiger partial charge in [-0.3, -0.25) is 0 Å². The maximum atomic E-state index is 9.72. The summed E-state index contributed by atoms with van der Waals surface area (Å²) in [6.45, 7) is 6.85. The van der Waals surface area contributed by atoms with Gasteiger partial charge in [0.05, 0.1) is 11.7 Å². The van der Waals surface area contributed by atoms with Crippen LogP contribution in [-0.4, -0.2) is 60.7 Å². The number of hydrogen-bond donors (Lipinski definition) is 1. The third kappa shape index (κ3) is 3.19. The lowest BCUT2D eigenvalue weighted by molar-refractivity contribution is -0.153. The molecule has 3 saturated heterocycles. The fraction of sp³-hybridized carbons (Fsp3) is 1.00. The topological polar surface area (TPSA) is 41.9 Å². The minimum Gasteiger partial charge on any atom is -0.393 e. The van der Waals surface area contributed by atoms with Crippen molar-refractivity contribution in [1.29, 1.82) is 0 Å². The maximum absolute atomic E-state index is 9.72. The van der Waals surface area contributed by atoms with E-state index in [1.54, 1.807) is 0 Å². The molecule has 0 amide bonds. The smallest absolute Gasteiger partial charge is 0.0741 e. The monoisotopic (exact) mass is 283 g/mol. The average Bonchev–Trinajstić information content (AvgIpc) is 2.48. The van der Waals surface area contributed by atoms with Crippen molar-refractivity contribution in [3.05, 3.63) is 0 Å². The van der Waals surface area contributed by atoms with Gasteiger partial charge in [0.2, 0.25) is 0 Å². The normalized spacial score (nSPS) is 34.2. The van der Waals surface area contributed by atoms with Crippen LogP contribution in [0.4, 0.5) is 0 Å². The van der Waals surface area contributed by atoms with Crippen molar-refractivity contribution in [2.45, 2.75) is 63.2 Å². The predicted octanol–water partition coefficient (Wildman–Crippen LogP) is 1.81. The molecule has 3 fully saturated rings. The Labute approximate surface area is 122 Å². The summed E-state index contributed by atoms with van der Waals surface area (Å²) in [6, 6.07) is 0.678. The van der Waals surface area contributed by atoms with Gasteiger partial charge < -0.3 is 19.5 Å². The Morgan fingerprint density at radius 2 is 1.80 bits per heavy atom. The highest BCUT2D eigenvalue weighted by Crippen LogP contribution is 2.37. The first-order valence-electron chi connectivity index (χ1n) is 8.32. The molecule has 3 aliphatic heterocycles. The molecule has 2 atom stereocenters. The summed E-state index contributed by atoms with van der Waals surface area (Å²) < 4.78 is 11.6. The van der Waals surface area contributed by atoms with Gasteiger partial charge in [0, 0.05) is 25.9 Å². The third-order valence-electron chi connectivity index (χ3n) is 5.64. The number of rotatable bonds is 2. The minimum absolute atomic E-state index is 0.0995. The van der Waals surface area contributed by atoms with Gasteiger partial charge in [0.15, 0.2) is 0 Å². The molecule has 3 rings (SSSR count). The van der Waals surface area contributed by atoms with Gasteiger partial charge in [-0.05, 0) is 64.5 Å². The van der Waals surface area contributed by atoms with Gasteiger partial charge in [0.1, 0.15) is 0 Å². The molecular weight excluding hydrogens is 254 g/mol. The highest BCUT2D eigenvalue weighted by molar-refractivity contribution is 4.93. The lowest BCUT2D eigenvalue weighted by Crippen LogP contribution is -2.53. The fourth-order valence-corrected chi connectivity index (χ4v) is 4.17. The lowest BCUT2D eigenvalue weighted by Gasteiger charge is -2.48. The van der Waals surface area contributed by atoms with E-state index in [0.29, 0.717) is 12.0 Å². The largest absolute Gasteiger partial charge is 0.393 e. The van der Waals surface area contributed by atoms with Crippen molar-refractivity contribution in [2.75, 3.05) is 32.9 Å². The molecule has 116 valence electrons. The lowest BCUT2D eigenvalue weighted by atomic mass is 9.82. The van der Waals surface area contributed by atoms with E-state index in [-0.39, 0.29) is 11.7 Å². The number of aliphatic hydroxyl groups excluding tert-OH is 1. The van der Waals surface area contributed by atoms with Crippen molar-refractivity contribution >= 4 is 0 Å². The molecule has 0 saturated carbocycles. The van der Waals surface area contributed by atoms with E-state index >= 15 is 0 Å². The van der Waals surface area contributed by atoms with Crippen LogP contribution in [0.5, 0.6) is 0 Å². The van der Waals surface area contributed by atoms with Crippen LogP contribution in [0, 0.1) is 5.92 Å². The maximum Gasteiger partial charge on any atom is 0.0741 e.